The molecule has 2 fully saturated rings. The van der Waals surface area contributed by atoms with Gasteiger partial charge in [-0.3, -0.25) is 19.4 Å². The van der Waals surface area contributed by atoms with Gasteiger partial charge in [-0.15, -0.1) is 0 Å². The van der Waals surface area contributed by atoms with Crippen LogP contribution in [0.15, 0.2) is 30.3 Å². The van der Waals surface area contributed by atoms with Crippen LogP contribution >= 0.6 is 0 Å². The first-order valence-corrected chi connectivity index (χ1v) is 21.2. The van der Waals surface area contributed by atoms with E-state index < -0.39 is 78.0 Å². The number of carbonyl (C=O) groups is 3. The van der Waals surface area contributed by atoms with Crippen LogP contribution in [0.25, 0.3) is 0 Å². The number of halogens is 3. The number of hydrogen-bond acceptors (Lipinski definition) is 12. The number of methoxy groups -OCH3 is 1. The molecule has 2 heterocycles. The normalized spacial score (nSPS) is 30.9. The summed E-state index contributed by atoms with van der Waals surface area (Å²) in [7, 11) is 6.79. The summed E-state index contributed by atoms with van der Waals surface area (Å²) < 4.78 is 78.2. The highest BCUT2D eigenvalue weighted by Gasteiger charge is 2.52. The molecule has 15 heteroatoms. The van der Waals surface area contributed by atoms with Gasteiger partial charge in [0, 0.05) is 32.7 Å². The molecular weight excluding hydrogens is 771 g/mol. The molecule has 0 saturated carbocycles. The molecule has 0 aliphatic carbocycles. The number of hydrogen-bond donors (Lipinski definition) is 0. The van der Waals surface area contributed by atoms with E-state index in [4.69, 9.17) is 28.4 Å². The van der Waals surface area contributed by atoms with Gasteiger partial charge in [0.05, 0.1) is 48.1 Å². The van der Waals surface area contributed by atoms with Crippen molar-refractivity contribution in [1.29, 1.82) is 0 Å². The standard InChI is InChI=1S/C44H72F3N3O9/c1-13-15-23-55-35(21-22-49(11)28-44(45,46)47)34-27-56-41(53)42(6,7)37(51)31(5)38(43(8,54-12)25-29(3)26-50(34)14-2)59-40-36(33(48(9)10)24-30(4)57-40)58-39(52)32-19-17-16-18-20-32/h16-20,29-31,33-36,38,40H,13-15,21-28H2,1-12H3/t29-,30-,31+,33+,34+,35-,36-,38-,40+,43-/m1/s1. The lowest BCUT2D eigenvalue weighted by atomic mass is 9.74. The molecule has 59 heavy (non-hydrogen) atoms. The Morgan fingerprint density at radius 2 is 1.71 bits per heavy atom. The van der Waals surface area contributed by atoms with Crippen LogP contribution in [0.2, 0.25) is 0 Å². The molecule has 2 saturated heterocycles. The van der Waals surface area contributed by atoms with E-state index in [2.05, 4.69) is 11.8 Å². The van der Waals surface area contributed by atoms with Crippen LogP contribution in [0, 0.1) is 17.3 Å². The molecule has 12 nitrogen and oxygen atoms in total. The maximum Gasteiger partial charge on any atom is 0.401 e. The zero-order chi connectivity index (χ0) is 44.3. The predicted molar refractivity (Wildman–Crippen MR) is 219 cm³/mol. The topological polar surface area (TPSA) is 116 Å². The average Bonchev–Trinajstić information content (AvgIpc) is 3.17. The molecule has 3 rings (SSSR count). The Hall–Kier alpha value is -2.66. The summed E-state index contributed by atoms with van der Waals surface area (Å²) in [5.41, 5.74) is -2.41. The molecule has 10 atom stereocenters. The summed E-state index contributed by atoms with van der Waals surface area (Å²) in [5.74, 6) is -2.77. The van der Waals surface area contributed by atoms with Gasteiger partial charge in [-0.25, -0.2) is 4.79 Å². The molecule has 338 valence electrons. The Balaban J connectivity index is 2.08. The van der Waals surface area contributed by atoms with Crippen molar-refractivity contribution >= 4 is 17.7 Å². The number of esters is 2. The Kier molecular flexibility index (Phi) is 19.3. The van der Waals surface area contributed by atoms with Crippen LogP contribution in [-0.2, 0) is 38.0 Å². The van der Waals surface area contributed by atoms with Crippen LogP contribution in [-0.4, -0.2) is 155 Å². The molecule has 2 aliphatic rings. The minimum Gasteiger partial charge on any atom is -0.463 e. The van der Waals surface area contributed by atoms with Gasteiger partial charge in [0.25, 0.3) is 0 Å². The number of benzene rings is 1. The maximum absolute atomic E-state index is 14.7. The van der Waals surface area contributed by atoms with E-state index >= 15 is 0 Å². The van der Waals surface area contributed by atoms with Crippen molar-refractivity contribution in [3.8, 4) is 0 Å². The lowest BCUT2D eigenvalue weighted by Crippen LogP contribution is -2.60. The average molecular weight is 844 g/mol. The largest absolute Gasteiger partial charge is 0.463 e. The first kappa shape index (κ1) is 50.7. The molecule has 0 aromatic heterocycles. The molecule has 0 bridgehead atoms. The monoisotopic (exact) mass is 844 g/mol. The van der Waals surface area contributed by atoms with E-state index in [0.29, 0.717) is 38.1 Å². The molecule has 0 spiro atoms. The first-order valence-electron chi connectivity index (χ1n) is 21.2. The van der Waals surface area contributed by atoms with E-state index in [1.54, 1.807) is 38.3 Å². The molecule has 1 aromatic carbocycles. The zero-order valence-corrected chi connectivity index (χ0v) is 37.5. The Labute approximate surface area is 350 Å². The van der Waals surface area contributed by atoms with Crippen LogP contribution < -0.4 is 0 Å². The number of Topliss-reactive ketones (excluding diaryl/α,β-unsaturated/α-hetero) is 1. The summed E-state index contributed by atoms with van der Waals surface area (Å²) in [4.78, 5) is 47.7. The Morgan fingerprint density at radius 3 is 2.29 bits per heavy atom. The number of rotatable bonds is 16. The van der Waals surface area contributed by atoms with Crippen molar-refractivity contribution in [2.75, 3.05) is 67.6 Å². The predicted octanol–water partition coefficient (Wildman–Crippen LogP) is 6.64. The summed E-state index contributed by atoms with van der Waals surface area (Å²) in [5, 5.41) is 0. The highest BCUT2D eigenvalue weighted by atomic mass is 19.4. The molecule has 1 aromatic rings. The number of likely N-dealkylation sites (N-methyl/N-ethyl adjacent to an activating group) is 2. The third kappa shape index (κ3) is 14.2. The highest BCUT2D eigenvalue weighted by molar-refractivity contribution is 6.04. The smallest absolute Gasteiger partial charge is 0.401 e. The van der Waals surface area contributed by atoms with Crippen molar-refractivity contribution in [1.82, 2.24) is 14.7 Å². The van der Waals surface area contributed by atoms with Gasteiger partial charge in [-0.05, 0) is 99.1 Å². The van der Waals surface area contributed by atoms with E-state index in [1.165, 1.54) is 25.8 Å². The molecule has 0 N–H and O–H groups in total. The lowest BCUT2D eigenvalue weighted by Gasteiger charge is -2.48. The summed E-state index contributed by atoms with van der Waals surface area (Å²) in [6.45, 7) is 14.9. The second-order valence-electron chi connectivity index (χ2n) is 17.6. The van der Waals surface area contributed by atoms with Gasteiger partial charge in [-0.1, -0.05) is 52.3 Å². The fourth-order valence-electron chi connectivity index (χ4n) is 8.53. The minimum absolute atomic E-state index is 0.100. The van der Waals surface area contributed by atoms with Crippen molar-refractivity contribution in [3.05, 3.63) is 35.9 Å². The van der Waals surface area contributed by atoms with Crippen molar-refractivity contribution in [2.24, 2.45) is 17.3 Å². The van der Waals surface area contributed by atoms with Gasteiger partial charge in [0.2, 0.25) is 0 Å². The second kappa shape index (κ2) is 22.4. The van der Waals surface area contributed by atoms with Crippen LogP contribution in [0.5, 0.6) is 0 Å². The van der Waals surface area contributed by atoms with Crippen molar-refractivity contribution in [3.63, 3.8) is 0 Å². The van der Waals surface area contributed by atoms with E-state index in [1.807, 2.05) is 52.8 Å². The lowest BCUT2D eigenvalue weighted by molar-refractivity contribution is -0.295. The number of ether oxygens (including phenoxy) is 6. The quantitative estimate of drug-likeness (QED) is 0.101. The number of ketones is 1. The van der Waals surface area contributed by atoms with Gasteiger partial charge in [0.1, 0.15) is 12.0 Å². The number of unbranched alkanes of at least 4 members (excludes halogenated alkanes) is 1. The number of nitrogens with zero attached hydrogens (tertiary/aromatic N) is 3. The van der Waals surface area contributed by atoms with Gasteiger partial charge >= 0.3 is 18.1 Å². The van der Waals surface area contributed by atoms with E-state index in [-0.39, 0.29) is 37.6 Å². The maximum atomic E-state index is 14.7. The third-order valence-electron chi connectivity index (χ3n) is 11.9. The van der Waals surface area contributed by atoms with Crippen LogP contribution in [0.4, 0.5) is 13.2 Å². The van der Waals surface area contributed by atoms with E-state index in [9.17, 15) is 27.6 Å². The van der Waals surface area contributed by atoms with Crippen LogP contribution in [0.1, 0.15) is 97.9 Å². The fraction of sp³-hybridized carbons (Fsp3) is 0.795. The van der Waals surface area contributed by atoms with Gasteiger partial charge < -0.3 is 33.3 Å². The molecule has 0 amide bonds. The Morgan fingerprint density at radius 1 is 1.05 bits per heavy atom. The fourth-order valence-corrected chi connectivity index (χ4v) is 8.53. The summed E-state index contributed by atoms with van der Waals surface area (Å²) >= 11 is 0. The highest BCUT2D eigenvalue weighted by Crippen LogP contribution is 2.39. The molecule has 2 aliphatic heterocycles. The first-order chi connectivity index (χ1) is 27.6. The third-order valence-corrected chi connectivity index (χ3v) is 11.9. The molecular formula is C44H72F3N3O9. The second-order valence-corrected chi connectivity index (χ2v) is 17.6. The molecule has 0 unspecified atom stereocenters. The van der Waals surface area contributed by atoms with Crippen molar-refractivity contribution in [2.45, 2.75) is 142 Å². The van der Waals surface area contributed by atoms with Gasteiger partial charge in [-0.2, -0.15) is 13.2 Å². The Bertz CT molecular complexity index is 1470. The van der Waals surface area contributed by atoms with Gasteiger partial charge in [0.15, 0.2) is 18.2 Å². The van der Waals surface area contributed by atoms with Crippen LogP contribution in [0.3, 0.4) is 0 Å². The van der Waals surface area contributed by atoms with E-state index in [0.717, 1.165) is 12.8 Å². The number of cyclic esters (lactones) is 1. The van der Waals surface area contributed by atoms with Crippen molar-refractivity contribution < 1.29 is 56.0 Å². The number of alkyl halides is 3. The minimum atomic E-state index is -4.35. The summed E-state index contributed by atoms with van der Waals surface area (Å²) in [6, 6.07) is 7.85. The number of carbonyl (C=O) groups excluding carboxylic acids is 3. The summed E-state index contributed by atoms with van der Waals surface area (Å²) in [6.07, 6.45) is -5.40. The SMILES string of the molecule is CCCCO[C@H](CCN(C)CC(F)(F)F)[C@@H]1COC(=O)C(C)(C)C(=O)[C@H](C)[C@@H](O[C@@H]2O[C@H](C)C[C@H](N(C)C)[C@H]2OC(=O)c2ccccc2)[C@](C)(OC)C[C@@H](C)CN1CC. The zero-order valence-electron chi connectivity index (χ0n) is 37.5. The molecule has 0 radical (unpaired) electrons.